The Bertz CT molecular complexity index is 245. The first kappa shape index (κ1) is 9.08. The molecule has 0 amide bonds. The minimum Gasteiger partial charge on any atom is -0.126 e. The maximum Gasteiger partial charge on any atom is 0.0264 e. The number of hydrogen-bond donors (Lipinski definition) is 0. The van der Waals surface area contributed by atoms with Crippen molar-refractivity contribution in [3.05, 3.63) is 33.8 Å². The Balaban J connectivity index is 2.96. The van der Waals surface area contributed by atoms with Crippen molar-refractivity contribution in [2.75, 3.05) is 5.88 Å². The molecule has 0 fully saturated rings. The van der Waals surface area contributed by atoms with E-state index < -0.39 is 0 Å². The lowest BCUT2D eigenvalue weighted by Gasteiger charge is -2.04. The Morgan fingerprint density at radius 1 is 1.45 bits per heavy atom. The molecule has 0 saturated carbocycles. The van der Waals surface area contributed by atoms with Gasteiger partial charge >= 0.3 is 0 Å². The van der Waals surface area contributed by atoms with Crippen LogP contribution < -0.4 is 0 Å². The standard InChI is InChI=1S/C9H10BrCl/c1-7-8(5-6-11)3-2-4-9(7)10/h2-4H,5-6H2,1H3. The summed E-state index contributed by atoms with van der Waals surface area (Å²) in [6.45, 7) is 2.10. The maximum absolute atomic E-state index is 5.65. The molecule has 1 rings (SSSR count). The number of benzene rings is 1. The molecule has 0 N–H and O–H groups in total. The van der Waals surface area contributed by atoms with Gasteiger partial charge in [0.1, 0.15) is 0 Å². The van der Waals surface area contributed by atoms with E-state index in [1.54, 1.807) is 0 Å². The Morgan fingerprint density at radius 2 is 2.18 bits per heavy atom. The minimum atomic E-state index is 0.692. The molecule has 0 unspecified atom stereocenters. The third kappa shape index (κ3) is 2.21. The van der Waals surface area contributed by atoms with Gasteiger partial charge in [-0.15, -0.1) is 11.6 Å². The highest BCUT2D eigenvalue weighted by atomic mass is 79.9. The van der Waals surface area contributed by atoms with Crippen LogP contribution in [-0.4, -0.2) is 5.88 Å². The second-order valence-corrected chi connectivity index (χ2v) is 3.70. The van der Waals surface area contributed by atoms with E-state index in [9.17, 15) is 0 Å². The average Bonchev–Trinajstić information content (AvgIpc) is 1.99. The number of rotatable bonds is 2. The van der Waals surface area contributed by atoms with Crippen LogP contribution in [0.25, 0.3) is 0 Å². The van der Waals surface area contributed by atoms with Crippen molar-refractivity contribution < 1.29 is 0 Å². The predicted molar refractivity (Wildman–Crippen MR) is 53.3 cm³/mol. The molecule has 60 valence electrons. The molecule has 0 radical (unpaired) electrons. The lowest BCUT2D eigenvalue weighted by Crippen LogP contribution is -1.90. The van der Waals surface area contributed by atoms with Crippen molar-refractivity contribution in [1.82, 2.24) is 0 Å². The summed E-state index contributed by atoms with van der Waals surface area (Å²) in [5.74, 6) is 0.692. The highest BCUT2D eigenvalue weighted by Gasteiger charge is 1.99. The van der Waals surface area contributed by atoms with Gasteiger partial charge in [0.25, 0.3) is 0 Å². The number of halogens is 2. The number of alkyl halides is 1. The molecule has 0 aliphatic rings. The molecule has 0 aliphatic heterocycles. The first-order valence-electron chi connectivity index (χ1n) is 3.55. The highest BCUT2D eigenvalue weighted by Crippen LogP contribution is 2.19. The Morgan fingerprint density at radius 3 is 2.82 bits per heavy atom. The van der Waals surface area contributed by atoms with Crippen LogP contribution in [0, 0.1) is 6.92 Å². The molecule has 0 saturated heterocycles. The fraction of sp³-hybridized carbons (Fsp3) is 0.333. The molecule has 0 aliphatic carbocycles. The number of aryl methyl sites for hydroxylation is 1. The van der Waals surface area contributed by atoms with Crippen molar-refractivity contribution in [2.24, 2.45) is 0 Å². The van der Waals surface area contributed by atoms with Crippen LogP contribution >= 0.6 is 27.5 Å². The van der Waals surface area contributed by atoms with Gasteiger partial charge in [0.2, 0.25) is 0 Å². The predicted octanol–water partition coefficient (Wildman–Crippen LogP) is 3.54. The molecule has 1 aromatic carbocycles. The van der Waals surface area contributed by atoms with Crippen LogP contribution in [0.2, 0.25) is 0 Å². The molecule has 1 aromatic rings. The molecule has 0 bridgehead atoms. The van der Waals surface area contributed by atoms with Gasteiger partial charge < -0.3 is 0 Å². The molecular weight excluding hydrogens is 223 g/mol. The van der Waals surface area contributed by atoms with Gasteiger partial charge in [0, 0.05) is 10.4 Å². The molecular formula is C9H10BrCl. The van der Waals surface area contributed by atoms with Gasteiger partial charge in [-0.2, -0.15) is 0 Å². The third-order valence-corrected chi connectivity index (χ3v) is 2.79. The summed E-state index contributed by atoms with van der Waals surface area (Å²) >= 11 is 9.12. The zero-order chi connectivity index (χ0) is 8.27. The summed E-state index contributed by atoms with van der Waals surface area (Å²) < 4.78 is 1.17. The summed E-state index contributed by atoms with van der Waals surface area (Å²) in [5.41, 5.74) is 2.63. The smallest absolute Gasteiger partial charge is 0.0264 e. The van der Waals surface area contributed by atoms with Crippen LogP contribution in [0.3, 0.4) is 0 Å². The topological polar surface area (TPSA) is 0 Å². The van der Waals surface area contributed by atoms with E-state index in [0.29, 0.717) is 5.88 Å². The van der Waals surface area contributed by atoms with Gasteiger partial charge in [-0.1, -0.05) is 28.1 Å². The van der Waals surface area contributed by atoms with E-state index in [1.807, 2.05) is 12.1 Å². The summed E-state index contributed by atoms with van der Waals surface area (Å²) in [4.78, 5) is 0. The van der Waals surface area contributed by atoms with E-state index in [1.165, 1.54) is 15.6 Å². The van der Waals surface area contributed by atoms with E-state index in [-0.39, 0.29) is 0 Å². The number of hydrogen-bond acceptors (Lipinski definition) is 0. The lowest BCUT2D eigenvalue weighted by atomic mass is 10.1. The second kappa shape index (κ2) is 4.13. The summed E-state index contributed by atoms with van der Waals surface area (Å²) in [7, 11) is 0. The Hall–Kier alpha value is -0.0100. The fourth-order valence-electron chi connectivity index (χ4n) is 1.02. The Kier molecular flexibility index (Phi) is 3.41. The van der Waals surface area contributed by atoms with Gasteiger partial charge in [0.15, 0.2) is 0 Å². The summed E-state index contributed by atoms with van der Waals surface area (Å²) in [6, 6.07) is 6.20. The van der Waals surface area contributed by atoms with Gasteiger partial charge in [0.05, 0.1) is 0 Å². The molecule has 11 heavy (non-hydrogen) atoms. The summed E-state index contributed by atoms with van der Waals surface area (Å²) in [5, 5.41) is 0. The monoisotopic (exact) mass is 232 g/mol. The lowest BCUT2D eigenvalue weighted by molar-refractivity contribution is 1.11. The quantitative estimate of drug-likeness (QED) is 0.686. The SMILES string of the molecule is Cc1c(Br)cccc1CCCl. The van der Waals surface area contributed by atoms with Crippen molar-refractivity contribution in [3.63, 3.8) is 0 Å². The van der Waals surface area contributed by atoms with Gasteiger partial charge in [-0.05, 0) is 30.5 Å². The van der Waals surface area contributed by atoms with Crippen molar-refractivity contribution >= 4 is 27.5 Å². The van der Waals surface area contributed by atoms with Crippen molar-refractivity contribution in [1.29, 1.82) is 0 Å². The van der Waals surface area contributed by atoms with E-state index in [0.717, 1.165) is 6.42 Å². The zero-order valence-electron chi connectivity index (χ0n) is 6.40. The van der Waals surface area contributed by atoms with Crippen molar-refractivity contribution in [2.45, 2.75) is 13.3 Å². The van der Waals surface area contributed by atoms with Crippen LogP contribution in [-0.2, 0) is 6.42 Å². The largest absolute Gasteiger partial charge is 0.126 e. The molecule has 0 spiro atoms. The highest BCUT2D eigenvalue weighted by molar-refractivity contribution is 9.10. The van der Waals surface area contributed by atoms with Crippen LogP contribution in [0.15, 0.2) is 22.7 Å². The minimum absolute atomic E-state index is 0.692. The molecule has 2 heteroatoms. The first-order valence-corrected chi connectivity index (χ1v) is 4.88. The molecule has 0 heterocycles. The van der Waals surface area contributed by atoms with Crippen LogP contribution in [0.4, 0.5) is 0 Å². The van der Waals surface area contributed by atoms with Gasteiger partial charge in [-0.3, -0.25) is 0 Å². The van der Waals surface area contributed by atoms with Crippen LogP contribution in [0.1, 0.15) is 11.1 Å². The normalized spacial score (nSPS) is 10.1. The maximum atomic E-state index is 5.65. The molecule has 0 nitrogen and oxygen atoms in total. The van der Waals surface area contributed by atoms with E-state index in [4.69, 9.17) is 11.6 Å². The van der Waals surface area contributed by atoms with Crippen LogP contribution in [0.5, 0.6) is 0 Å². The Labute approximate surface area is 80.7 Å². The second-order valence-electron chi connectivity index (χ2n) is 2.46. The van der Waals surface area contributed by atoms with E-state index in [2.05, 4.69) is 28.9 Å². The molecule has 0 aromatic heterocycles. The zero-order valence-corrected chi connectivity index (χ0v) is 8.74. The van der Waals surface area contributed by atoms with Crippen molar-refractivity contribution in [3.8, 4) is 0 Å². The molecule has 0 atom stereocenters. The third-order valence-electron chi connectivity index (χ3n) is 1.74. The fourth-order valence-corrected chi connectivity index (χ4v) is 1.64. The summed E-state index contributed by atoms with van der Waals surface area (Å²) in [6.07, 6.45) is 0.951. The first-order chi connectivity index (χ1) is 5.25. The van der Waals surface area contributed by atoms with E-state index >= 15 is 0 Å². The average molecular weight is 234 g/mol. The van der Waals surface area contributed by atoms with Gasteiger partial charge in [-0.25, -0.2) is 0 Å².